The van der Waals surface area contributed by atoms with E-state index in [1.54, 1.807) is 6.20 Å². The molecule has 1 aromatic carbocycles. The van der Waals surface area contributed by atoms with Crippen LogP contribution in [0.2, 0.25) is 0 Å². The van der Waals surface area contributed by atoms with Gasteiger partial charge in [-0.05, 0) is 42.0 Å². The molecule has 0 amide bonds. The molecular weight excluding hydrogens is 258 g/mol. The summed E-state index contributed by atoms with van der Waals surface area (Å²) >= 11 is 0. The van der Waals surface area contributed by atoms with Crippen LogP contribution in [0.1, 0.15) is 5.56 Å². The largest absolute Gasteiger partial charge is 0.350 e. The smallest absolute Gasteiger partial charge is 0.159 e. The van der Waals surface area contributed by atoms with Crippen LogP contribution < -0.4 is 0 Å². The van der Waals surface area contributed by atoms with Gasteiger partial charge in [0.2, 0.25) is 0 Å². The highest BCUT2D eigenvalue weighted by Gasteiger charge is 2.05. The van der Waals surface area contributed by atoms with E-state index in [2.05, 4.69) is 4.98 Å². The standard InChI is InChI=1S/C16H12F2N2/c17-14-5-4-13(9-15(14)18)16-6-3-12(10-19-16)11-20-7-1-2-8-20/h1-10H,11H2. The number of halogens is 2. The van der Waals surface area contributed by atoms with Gasteiger partial charge in [0.1, 0.15) is 0 Å². The molecule has 0 bridgehead atoms. The van der Waals surface area contributed by atoms with E-state index in [0.29, 0.717) is 11.3 Å². The molecule has 0 spiro atoms. The molecule has 0 N–H and O–H groups in total. The molecule has 20 heavy (non-hydrogen) atoms. The molecular formula is C16H12F2N2. The highest BCUT2D eigenvalue weighted by molar-refractivity contribution is 5.59. The van der Waals surface area contributed by atoms with Crippen LogP contribution in [-0.2, 0) is 6.54 Å². The maximum absolute atomic E-state index is 13.2. The van der Waals surface area contributed by atoms with Gasteiger partial charge >= 0.3 is 0 Å². The van der Waals surface area contributed by atoms with Crippen molar-refractivity contribution in [1.82, 2.24) is 9.55 Å². The number of rotatable bonds is 3. The fourth-order valence-corrected chi connectivity index (χ4v) is 2.03. The summed E-state index contributed by atoms with van der Waals surface area (Å²) in [6.45, 7) is 0.734. The summed E-state index contributed by atoms with van der Waals surface area (Å²) in [6, 6.07) is 11.5. The topological polar surface area (TPSA) is 17.8 Å². The zero-order valence-electron chi connectivity index (χ0n) is 10.6. The molecule has 0 fully saturated rings. The highest BCUT2D eigenvalue weighted by Crippen LogP contribution is 2.19. The van der Waals surface area contributed by atoms with Gasteiger partial charge in [-0.15, -0.1) is 0 Å². The van der Waals surface area contributed by atoms with Crippen LogP contribution >= 0.6 is 0 Å². The van der Waals surface area contributed by atoms with Crippen LogP contribution in [0, 0.1) is 11.6 Å². The van der Waals surface area contributed by atoms with Crippen LogP contribution in [0.3, 0.4) is 0 Å². The number of aromatic nitrogens is 2. The summed E-state index contributed by atoms with van der Waals surface area (Å²) in [5.41, 5.74) is 2.24. The molecule has 2 heterocycles. The van der Waals surface area contributed by atoms with Crippen molar-refractivity contribution >= 4 is 0 Å². The van der Waals surface area contributed by atoms with E-state index in [0.717, 1.165) is 24.2 Å². The number of pyridine rings is 1. The fourth-order valence-electron chi connectivity index (χ4n) is 2.03. The Labute approximate surface area is 115 Å². The third-order valence-corrected chi connectivity index (χ3v) is 3.07. The maximum Gasteiger partial charge on any atom is 0.159 e. The molecule has 3 rings (SSSR count). The van der Waals surface area contributed by atoms with Gasteiger partial charge in [-0.1, -0.05) is 6.07 Å². The second-order valence-electron chi connectivity index (χ2n) is 4.54. The molecule has 0 aliphatic rings. The molecule has 2 aromatic heterocycles. The lowest BCUT2D eigenvalue weighted by molar-refractivity contribution is 0.509. The summed E-state index contributed by atoms with van der Waals surface area (Å²) in [5.74, 6) is -1.71. The van der Waals surface area contributed by atoms with Crippen LogP contribution in [-0.4, -0.2) is 9.55 Å². The SMILES string of the molecule is Fc1ccc(-c2ccc(Cn3cccc3)cn2)cc1F. The first-order valence-electron chi connectivity index (χ1n) is 6.23. The molecule has 0 radical (unpaired) electrons. The Kier molecular flexibility index (Phi) is 3.29. The van der Waals surface area contributed by atoms with Gasteiger partial charge in [0.05, 0.1) is 5.69 Å². The Balaban J connectivity index is 1.83. The summed E-state index contributed by atoms with van der Waals surface area (Å²) < 4.78 is 28.1. The predicted molar refractivity (Wildman–Crippen MR) is 73.1 cm³/mol. The molecule has 0 saturated carbocycles. The molecule has 4 heteroatoms. The number of hydrogen-bond donors (Lipinski definition) is 0. The molecule has 3 aromatic rings. The monoisotopic (exact) mass is 270 g/mol. The Hall–Kier alpha value is -2.49. The van der Waals surface area contributed by atoms with Crippen molar-refractivity contribution in [3.63, 3.8) is 0 Å². The Morgan fingerprint density at radius 1 is 0.950 bits per heavy atom. The third kappa shape index (κ3) is 2.59. The number of nitrogens with zero attached hydrogens (tertiary/aromatic N) is 2. The predicted octanol–water partition coefficient (Wildman–Crippen LogP) is 3.88. The molecule has 100 valence electrons. The van der Waals surface area contributed by atoms with Crippen molar-refractivity contribution < 1.29 is 8.78 Å². The first-order chi connectivity index (χ1) is 9.72. The van der Waals surface area contributed by atoms with Crippen molar-refractivity contribution in [3.05, 3.63) is 78.3 Å². The number of hydrogen-bond acceptors (Lipinski definition) is 1. The summed E-state index contributed by atoms with van der Waals surface area (Å²) in [5, 5.41) is 0. The zero-order valence-corrected chi connectivity index (χ0v) is 10.6. The zero-order chi connectivity index (χ0) is 13.9. The second kappa shape index (κ2) is 5.25. The van der Waals surface area contributed by atoms with E-state index in [-0.39, 0.29) is 0 Å². The van der Waals surface area contributed by atoms with Crippen LogP contribution in [0.15, 0.2) is 61.1 Å². The molecule has 0 unspecified atom stereocenters. The molecule has 0 saturated heterocycles. The summed E-state index contributed by atoms with van der Waals surface area (Å²) in [6.07, 6.45) is 5.70. The third-order valence-electron chi connectivity index (χ3n) is 3.07. The minimum absolute atomic E-state index is 0.566. The van der Waals surface area contributed by atoms with Gasteiger partial charge in [-0.2, -0.15) is 0 Å². The average Bonchev–Trinajstić information content (AvgIpc) is 2.96. The fraction of sp³-hybridized carbons (Fsp3) is 0.0625. The molecule has 0 aliphatic carbocycles. The quantitative estimate of drug-likeness (QED) is 0.706. The van der Waals surface area contributed by atoms with Crippen molar-refractivity contribution in [1.29, 1.82) is 0 Å². The van der Waals surface area contributed by atoms with Crippen LogP contribution in [0.4, 0.5) is 8.78 Å². The normalized spacial score (nSPS) is 10.7. The minimum atomic E-state index is -0.860. The molecule has 0 aliphatic heterocycles. The Bertz CT molecular complexity index is 704. The summed E-state index contributed by atoms with van der Waals surface area (Å²) in [4.78, 5) is 4.30. The van der Waals surface area contributed by atoms with Gasteiger partial charge in [0.25, 0.3) is 0 Å². The first-order valence-corrected chi connectivity index (χ1v) is 6.23. The van der Waals surface area contributed by atoms with Gasteiger partial charge in [-0.3, -0.25) is 4.98 Å². The molecule has 2 nitrogen and oxygen atoms in total. The van der Waals surface area contributed by atoms with Gasteiger partial charge in [-0.25, -0.2) is 8.78 Å². The lowest BCUT2D eigenvalue weighted by atomic mass is 10.1. The highest BCUT2D eigenvalue weighted by atomic mass is 19.2. The minimum Gasteiger partial charge on any atom is -0.350 e. The van der Waals surface area contributed by atoms with Crippen LogP contribution in [0.25, 0.3) is 11.3 Å². The van der Waals surface area contributed by atoms with Gasteiger partial charge < -0.3 is 4.57 Å². The van der Waals surface area contributed by atoms with Crippen LogP contribution in [0.5, 0.6) is 0 Å². The van der Waals surface area contributed by atoms with E-state index in [1.807, 2.05) is 41.2 Å². The molecule has 0 atom stereocenters. The van der Waals surface area contributed by atoms with E-state index in [9.17, 15) is 8.78 Å². The summed E-state index contributed by atoms with van der Waals surface area (Å²) in [7, 11) is 0. The van der Waals surface area contributed by atoms with Gasteiger partial charge in [0, 0.05) is 30.7 Å². The second-order valence-corrected chi connectivity index (χ2v) is 4.54. The first kappa shape index (κ1) is 12.5. The van der Waals surface area contributed by atoms with Gasteiger partial charge in [0.15, 0.2) is 11.6 Å². The number of benzene rings is 1. The average molecular weight is 270 g/mol. The Morgan fingerprint density at radius 3 is 2.40 bits per heavy atom. The lowest BCUT2D eigenvalue weighted by Crippen LogP contribution is -1.97. The Morgan fingerprint density at radius 2 is 1.75 bits per heavy atom. The van der Waals surface area contributed by atoms with Crippen molar-refractivity contribution in [3.8, 4) is 11.3 Å². The van der Waals surface area contributed by atoms with E-state index >= 15 is 0 Å². The van der Waals surface area contributed by atoms with E-state index < -0.39 is 11.6 Å². The van der Waals surface area contributed by atoms with Crippen molar-refractivity contribution in [2.24, 2.45) is 0 Å². The van der Waals surface area contributed by atoms with E-state index in [4.69, 9.17) is 0 Å². The van der Waals surface area contributed by atoms with Crippen molar-refractivity contribution in [2.45, 2.75) is 6.54 Å². The van der Waals surface area contributed by atoms with Crippen molar-refractivity contribution in [2.75, 3.05) is 0 Å². The van der Waals surface area contributed by atoms with E-state index in [1.165, 1.54) is 6.07 Å². The maximum atomic E-state index is 13.2. The lowest BCUT2D eigenvalue weighted by Gasteiger charge is -2.05.